The third-order valence-corrected chi connectivity index (χ3v) is 4.85. The molecule has 166 valence electrons. The summed E-state index contributed by atoms with van der Waals surface area (Å²) in [4.78, 5) is 25.4. The minimum Gasteiger partial charge on any atom is -0.309 e. The number of carbonyl (C=O) groups excluding carboxylic acids is 1. The number of benzene rings is 1. The molecule has 9 nitrogen and oxygen atoms in total. The van der Waals surface area contributed by atoms with Crippen LogP contribution in [0.2, 0.25) is 5.28 Å². The first kappa shape index (κ1) is 21.7. The predicted octanol–water partition coefficient (Wildman–Crippen LogP) is 3.27. The van der Waals surface area contributed by atoms with Crippen LogP contribution >= 0.6 is 11.6 Å². The van der Waals surface area contributed by atoms with Gasteiger partial charge in [0.05, 0.1) is 17.5 Å². The van der Waals surface area contributed by atoms with E-state index < -0.39 is 29.5 Å². The summed E-state index contributed by atoms with van der Waals surface area (Å²) >= 11 is 5.86. The van der Waals surface area contributed by atoms with E-state index in [2.05, 4.69) is 25.7 Å². The van der Waals surface area contributed by atoms with Crippen LogP contribution in [0.1, 0.15) is 31.1 Å². The highest BCUT2D eigenvalue weighted by atomic mass is 35.5. The van der Waals surface area contributed by atoms with Crippen LogP contribution in [0.25, 0.3) is 16.6 Å². The molecule has 0 spiro atoms. The monoisotopic (exact) mass is 465 g/mol. The second kappa shape index (κ2) is 7.86. The maximum absolute atomic E-state index is 13.1. The number of rotatable bonds is 4. The molecule has 0 saturated carbocycles. The Kier molecular flexibility index (Phi) is 5.33. The number of nitrogens with one attached hydrogen (secondary N) is 1. The van der Waals surface area contributed by atoms with Gasteiger partial charge in [-0.25, -0.2) is 0 Å². The van der Waals surface area contributed by atoms with Crippen LogP contribution in [0.3, 0.4) is 0 Å². The number of carbonyl (C=O) groups is 1. The van der Waals surface area contributed by atoms with E-state index in [4.69, 9.17) is 11.6 Å². The molecule has 0 saturated heterocycles. The van der Waals surface area contributed by atoms with Crippen molar-refractivity contribution in [2.75, 3.05) is 5.32 Å². The zero-order chi connectivity index (χ0) is 23.2. The topological polar surface area (TPSA) is 107 Å². The Hall–Kier alpha value is -3.54. The average Bonchev–Trinajstić information content (AvgIpc) is 3.09. The Labute approximate surface area is 182 Å². The van der Waals surface area contributed by atoms with Gasteiger partial charge in [0.15, 0.2) is 11.5 Å². The molecule has 1 aromatic carbocycles. The molecule has 0 aliphatic heterocycles. The lowest BCUT2D eigenvalue weighted by Gasteiger charge is -2.16. The minimum absolute atomic E-state index is 0.00494. The van der Waals surface area contributed by atoms with Gasteiger partial charge in [-0.05, 0) is 55.8 Å². The SMILES string of the molecule is CC(C)n1nc(CC(=O)Nc2ccc3nnc(Cl)n3n2)c(=O)c2ccc(C(F)(F)F)cc21. The molecule has 0 unspecified atom stereocenters. The molecule has 3 heterocycles. The molecular formula is C19H15ClF3N7O2. The van der Waals surface area contributed by atoms with E-state index in [9.17, 15) is 22.8 Å². The zero-order valence-electron chi connectivity index (χ0n) is 16.7. The van der Waals surface area contributed by atoms with Crippen LogP contribution in [-0.4, -0.2) is 35.5 Å². The molecule has 4 aromatic rings. The second-order valence-corrected chi connectivity index (χ2v) is 7.56. The van der Waals surface area contributed by atoms with E-state index in [-0.39, 0.29) is 33.7 Å². The summed E-state index contributed by atoms with van der Waals surface area (Å²) in [5, 5.41) is 18.3. The van der Waals surface area contributed by atoms with Crippen molar-refractivity contribution in [1.82, 2.24) is 29.6 Å². The van der Waals surface area contributed by atoms with Crippen molar-refractivity contribution >= 4 is 39.9 Å². The van der Waals surface area contributed by atoms with Gasteiger partial charge < -0.3 is 5.32 Å². The van der Waals surface area contributed by atoms with Gasteiger partial charge in [-0.15, -0.1) is 15.3 Å². The molecule has 3 aromatic heterocycles. The van der Waals surface area contributed by atoms with Gasteiger partial charge in [0.1, 0.15) is 5.69 Å². The Morgan fingerprint density at radius 1 is 1.16 bits per heavy atom. The number of hydrogen-bond donors (Lipinski definition) is 1. The standard InChI is InChI=1S/C19H15ClF3N7O2/c1-9(2)29-13-7-10(19(21,22)23)3-4-11(13)17(32)12(27-29)8-16(31)24-14-5-6-15-25-26-18(20)30(15)28-14/h3-7,9H,8H2,1-2H3,(H,24,28,31). The van der Waals surface area contributed by atoms with E-state index >= 15 is 0 Å². The van der Waals surface area contributed by atoms with Crippen LogP contribution < -0.4 is 10.7 Å². The van der Waals surface area contributed by atoms with Gasteiger partial charge in [0.2, 0.25) is 16.6 Å². The molecule has 32 heavy (non-hydrogen) atoms. The van der Waals surface area contributed by atoms with E-state index in [0.717, 1.165) is 18.2 Å². The molecule has 0 aliphatic rings. The fourth-order valence-electron chi connectivity index (χ4n) is 3.15. The molecule has 1 N–H and O–H groups in total. The number of anilines is 1. The van der Waals surface area contributed by atoms with Gasteiger partial charge in [-0.2, -0.15) is 22.8 Å². The normalized spacial score (nSPS) is 12.1. The van der Waals surface area contributed by atoms with Crippen molar-refractivity contribution in [2.24, 2.45) is 0 Å². The van der Waals surface area contributed by atoms with Crippen LogP contribution in [0.15, 0.2) is 35.1 Å². The highest BCUT2D eigenvalue weighted by molar-refractivity contribution is 6.28. The first-order valence-corrected chi connectivity index (χ1v) is 9.73. The van der Waals surface area contributed by atoms with Crippen molar-refractivity contribution in [1.29, 1.82) is 0 Å². The Morgan fingerprint density at radius 3 is 2.59 bits per heavy atom. The van der Waals surface area contributed by atoms with E-state index in [1.165, 1.54) is 15.3 Å². The van der Waals surface area contributed by atoms with Crippen molar-refractivity contribution in [3.63, 3.8) is 0 Å². The van der Waals surface area contributed by atoms with Gasteiger partial charge >= 0.3 is 6.18 Å². The number of amides is 1. The van der Waals surface area contributed by atoms with Crippen LogP contribution in [0.5, 0.6) is 0 Å². The van der Waals surface area contributed by atoms with E-state index in [0.29, 0.717) is 5.65 Å². The third-order valence-electron chi connectivity index (χ3n) is 4.62. The number of nitrogens with zero attached hydrogens (tertiary/aromatic N) is 6. The van der Waals surface area contributed by atoms with Gasteiger partial charge in [0.25, 0.3) is 0 Å². The molecule has 0 atom stereocenters. The lowest BCUT2D eigenvalue weighted by Crippen LogP contribution is -2.26. The smallest absolute Gasteiger partial charge is 0.309 e. The van der Waals surface area contributed by atoms with Gasteiger partial charge in [-0.1, -0.05) is 0 Å². The molecule has 0 radical (unpaired) electrons. The maximum atomic E-state index is 13.1. The average molecular weight is 466 g/mol. The number of halogens is 4. The quantitative estimate of drug-likeness (QED) is 0.495. The molecule has 0 bridgehead atoms. The van der Waals surface area contributed by atoms with Crippen molar-refractivity contribution < 1.29 is 18.0 Å². The van der Waals surface area contributed by atoms with Crippen LogP contribution in [0, 0.1) is 0 Å². The van der Waals surface area contributed by atoms with Crippen LogP contribution in [0.4, 0.5) is 19.0 Å². The molecular weight excluding hydrogens is 451 g/mol. The Morgan fingerprint density at radius 2 is 1.91 bits per heavy atom. The molecule has 13 heteroatoms. The predicted molar refractivity (Wildman–Crippen MR) is 110 cm³/mol. The summed E-state index contributed by atoms with van der Waals surface area (Å²) in [6, 6.07) is 5.49. The third kappa shape index (κ3) is 4.00. The largest absolute Gasteiger partial charge is 0.416 e. The fourth-order valence-corrected chi connectivity index (χ4v) is 3.31. The molecule has 0 fully saturated rings. The van der Waals surface area contributed by atoms with Gasteiger partial charge in [0, 0.05) is 11.4 Å². The highest BCUT2D eigenvalue weighted by Gasteiger charge is 2.31. The van der Waals surface area contributed by atoms with Crippen molar-refractivity contribution in [2.45, 2.75) is 32.5 Å². The van der Waals surface area contributed by atoms with E-state index in [1.54, 1.807) is 19.9 Å². The number of alkyl halides is 3. The first-order chi connectivity index (χ1) is 15.0. The first-order valence-electron chi connectivity index (χ1n) is 9.35. The van der Waals surface area contributed by atoms with Crippen molar-refractivity contribution in [3.05, 3.63) is 57.1 Å². The van der Waals surface area contributed by atoms with Crippen LogP contribution in [-0.2, 0) is 17.4 Å². The Balaban J connectivity index is 1.68. The number of hydrogen-bond acceptors (Lipinski definition) is 6. The minimum atomic E-state index is -4.56. The summed E-state index contributed by atoms with van der Waals surface area (Å²) in [7, 11) is 0. The fraction of sp³-hybridized carbons (Fsp3) is 0.263. The summed E-state index contributed by atoms with van der Waals surface area (Å²) < 4.78 is 41.9. The molecule has 4 rings (SSSR count). The number of aromatic nitrogens is 6. The zero-order valence-corrected chi connectivity index (χ0v) is 17.4. The molecule has 1 amide bonds. The van der Waals surface area contributed by atoms with Gasteiger partial charge in [-0.3, -0.25) is 14.3 Å². The summed E-state index contributed by atoms with van der Waals surface area (Å²) in [5.41, 5.74) is -1.20. The highest BCUT2D eigenvalue weighted by Crippen LogP contribution is 2.31. The second-order valence-electron chi connectivity index (χ2n) is 7.23. The maximum Gasteiger partial charge on any atom is 0.416 e. The lowest BCUT2D eigenvalue weighted by molar-refractivity contribution is -0.137. The Bertz CT molecular complexity index is 1410. The summed E-state index contributed by atoms with van der Waals surface area (Å²) in [5.74, 6) is -0.448. The molecule has 0 aliphatic carbocycles. The number of fused-ring (bicyclic) bond motifs is 2. The van der Waals surface area contributed by atoms with Crippen molar-refractivity contribution in [3.8, 4) is 0 Å². The summed E-state index contributed by atoms with van der Waals surface area (Å²) in [6.45, 7) is 3.42. The van der Waals surface area contributed by atoms with E-state index in [1.807, 2.05) is 0 Å². The lowest BCUT2D eigenvalue weighted by atomic mass is 10.1. The summed E-state index contributed by atoms with van der Waals surface area (Å²) in [6.07, 6.45) is -4.97.